The molecule has 0 bridgehead atoms. The van der Waals surface area contributed by atoms with Gasteiger partial charge in [-0.15, -0.1) is 0 Å². The van der Waals surface area contributed by atoms with Crippen LogP contribution in [0.4, 0.5) is 0 Å². The fourth-order valence-electron chi connectivity index (χ4n) is 3.71. The number of aromatic nitrogens is 1. The Kier molecular flexibility index (Phi) is 4.42. The highest BCUT2D eigenvalue weighted by Gasteiger charge is 2.46. The van der Waals surface area contributed by atoms with E-state index in [4.69, 9.17) is 0 Å². The zero-order valence-corrected chi connectivity index (χ0v) is 16.0. The molecule has 1 aromatic carbocycles. The number of para-hydroxylation sites is 1. The van der Waals surface area contributed by atoms with Crippen molar-refractivity contribution in [3.63, 3.8) is 0 Å². The molecule has 1 aliphatic rings. The first-order valence-corrected chi connectivity index (χ1v) is 9.04. The summed E-state index contributed by atoms with van der Waals surface area (Å²) in [5.41, 5.74) is 2.27. The van der Waals surface area contributed by atoms with Crippen molar-refractivity contribution in [2.24, 2.45) is 5.41 Å². The van der Waals surface area contributed by atoms with Gasteiger partial charge in [0.2, 0.25) is 0 Å². The number of nitrogens with one attached hydrogen (secondary N) is 1. The molecule has 1 amide bonds. The van der Waals surface area contributed by atoms with Gasteiger partial charge >= 0.3 is 0 Å². The number of H-pyrrole nitrogens is 1. The normalized spacial score (nSPS) is 18.3. The summed E-state index contributed by atoms with van der Waals surface area (Å²) in [6, 6.07) is 7.28. The molecule has 138 valence electrons. The van der Waals surface area contributed by atoms with Gasteiger partial charge in [0, 0.05) is 34.1 Å². The maximum atomic E-state index is 13.1. The zero-order valence-electron chi connectivity index (χ0n) is 16.0. The number of aromatic amines is 1. The minimum Gasteiger partial charge on any atom is -0.503 e. The number of fused-ring (bicyclic) bond motifs is 1. The number of aliphatic hydroxyl groups is 1. The molecule has 0 radical (unpaired) electrons. The number of hydrogen-bond donors (Lipinski definition) is 2. The summed E-state index contributed by atoms with van der Waals surface area (Å²) in [4.78, 5) is 30.8. The molecule has 0 saturated carbocycles. The number of amides is 1. The van der Waals surface area contributed by atoms with E-state index < -0.39 is 23.1 Å². The largest absolute Gasteiger partial charge is 0.503 e. The maximum Gasteiger partial charge on any atom is 0.290 e. The molecule has 1 aromatic heterocycles. The second-order valence-corrected chi connectivity index (χ2v) is 7.95. The quantitative estimate of drug-likeness (QED) is 0.864. The monoisotopic (exact) mass is 354 g/mol. The fourth-order valence-corrected chi connectivity index (χ4v) is 3.71. The SMILES string of the molecule is CCCN1C(=O)C(O)=C(C(=O)C(C)(C)C)C1c1c(C)[nH]c2ccccc12. The lowest BCUT2D eigenvalue weighted by molar-refractivity contribution is -0.129. The molecule has 0 fully saturated rings. The molecule has 2 aromatic rings. The molecule has 2 N–H and O–H groups in total. The summed E-state index contributed by atoms with van der Waals surface area (Å²) in [6.07, 6.45) is 0.744. The molecule has 5 nitrogen and oxygen atoms in total. The van der Waals surface area contributed by atoms with Crippen LogP contribution in [0, 0.1) is 12.3 Å². The third kappa shape index (κ3) is 2.71. The van der Waals surface area contributed by atoms with Crippen molar-refractivity contribution in [2.75, 3.05) is 6.54 Å². The fraction of sp³-hybridized carbons (Fsp3) is 0.429. The van der Waals surface area contributed by atoms with Gasteiger partial charge in [0.05, 0.1) is 11.6 Å². The molecule has 3 rings (SSSR count). The summed E-state index contributed by atoms with van der Waals surface area (Å²) in [7, 11) is 0. The van der Waals surface area contributed by atoms with E-state index in [1.165, 1.54) is 0 Å². The number of rotatable bonds is 4. The number of Topliss-reactive ketones (excluding diaryl/α,β-unsaturated/α-hetero) is 1. The Bertz CT molecular complexity index is 915. The van der Waals surface area contributed by atoms with Gasteiger partial charge < -0.3 is 15.0 Å². The Morgan fingerprint density at radius 1 is 1.27 bits per heavy atom. The van der Waals surface area contributed by atoms with Crippen molar-refractivity contribution >= 4 is 22.6 Å². The highest BCUT2D eigenvalue weighted by atomic mass is 16.3. The van der Waals surface area contributed by atoms with Crippen LogP contribution in [0.3, 0.4) is 0 Å². The van der Waals surface area contributed by atoms with Gasteiger partial charge in [-0.05, 0) is 19.4 Å². The molecule has 2 heterocycles. The number of carbonyl (C=O) groups excluding carboxylic acids is 2. The number of carbonyl (C=O) groups is 2. The van der Waals surface area contributed by atoms with Crippen LogP contribution < -0.4 is 0 Å². The highest BCUT2D eigenvalue weighted by Crippen LogP contribution is 2.44. The molecular weight excluding hydrogens is 328 g/mol. The van der Waals surface area contributed by atoms with Gasteiger partial charge in [0.15, 0.2) is 11.5 Å². The predicted octanol–water partition coefficient (Wildman–Crippen LogP) is 4.20. The maximum absolute atomic E-state index is 13.1. The third-order valence-corrected chi connectivity index (χ3v) is 4.91. The van der Waals surface area contributed by atoms with E-state index in [9.17, 15) is 14.7 Å². The van der Waals surface area contributed by atoms with Crippen LogP contribution in [-0.2, 0) is 9.59 Å². The number of aliphatic hydroxyl groups excluding tert-OH is 1. The lowest BCUT2D eigenvalue weighted by atomic mass is 9.81. The topological polar surface area (TPSA) is 73.4 Å². The van der Waals surface area contributed by atoms with Crippen LogP contribution in [-0.4, -0.2) is 33.2 Å². The summed E-state index contributed by atoms with van der Waals surface area (Å²) in [5.74, 6) is -1.07. The smallest absolute Gasteiger partial charge is 0.290 e. The number of aryl methyl sites for hydroxylation is 1. The standard InChI is InChI=1S/C21H26N2O3/c1-6-11-23-17(15-12(2)22-14-10-8-7-9-13(14)15)16(18(24)20(23)26)19(25)21(3,4)5/h7-10,17,22,24H,6,11H2,1-5H3. The van der Waals surface area contributed by atoms with Gasteiger partial charge in [0.1, 0.15) is 0 Å². The Morgan fingerprint density at radius 3 is 2.54 bits per heavy atom. The van der Waals surface area contributed by atoms with E-state index in [1.54, 1.807) is 4.90 Å². The lowest BCUT2D eigenvalue weighted by Gasteiger charge is -2.28. The Hall–Kier alpha value is -2.56. The van der Waals surface area contributed by atoms with Crippen LogP contribution >= 0.6 is 0 Å². The molecule has 1 aliphatic heterocycles. The highest BCUT2D eigenvalue weighted by molar-refractivity contribution is 6.11. The van der Waals surface area contributed by atoms with Crippen LogP contribution in [0.5, 0.6) is 0 Å². The van der Waals surface area contributed by atoms with Crippen molar-refractivity contribution in [1.82, 2.24) is 9.88 Å². The Morgan fingerprint density at radius 2 is 1.92 bits per heavy atom. The van der Waals surface area contributed by atoms with E-state index in [2.05, 4.69) is 4.98 Å². The van der Waals surface area contributed by atoms with Crippen LogP contribution in [0.1, 0.15) is 51.4 Å². The van der Waals surface area contributed by atoms with E-state index in [0.717, 1.165) is 28.6 Å². The van der Waals surface area contributed by atoms with Gasteiger partial charge in [0.25, 0.3) is 5.91 Å². The molecule has 1 atom stereocenters. The zero-order chi connectivity index (χ0) is 19.2. The van der Waals surface area contributed by atoms with Crippen molar-refractivity contribution < 1.29 is 14.7 Å². The number of nitrogens with zero attached hydrogens (tertiary/aromatic N) is 1. The van der Waals surface area contributed by atoms with Gasteiger partial charge in [-0.3, -0.25) is 9.59 Å². The number of hydrogen-bond acceptors (Lipinski definition) is 3. The van der Waals surface area contributed by atoms with E-state index in [1.807, 2.05) is 58.9 Å². The van der Waals surface area contributed by atoms with Crippen molar-refractivity contribution in [3.8, 4) is 0 Å². The first-order valence-electron chi connectivity index (χ1n) is 9.04. The van der Waals surface area contributed by atoms with E-state index in [-0.39, 0.29) is 11.4 Å². The second-order valence-electron chi connectivity index (χ2n) is 7.95. The third-order valence-electron chi connectivity index (χ3n) is 4.91. The average molecular weight is 354 g/mol. The molecule has 0 spiro atoms. The number of benzene rings is 1. The lowest BCUT2D eigenvalue weighted by Crippen LogP contribution is -2.33. The van der Waals surface area contributed by atoms with Crippen molar-refractivity contribution in [2.45, 2.75) is 47.1 Å². The molecule has 5 heteroatoms. The van der Waals surface area contributed by atoms with Crippen LogP contribution in [0.2, 0.25) is 0 Å². The second kappa shape index (κ2) is 6.31. The molecule has 0 saturated heterocycles. The van der Waals surface area contributed by atoms with Crippen molar-refractivity contribution in [1.29, 1.82) is 0 Å². The van der Waals surface area contributed by atoms with Crippen LogP contribution in [0.15, 0.2) is 35.6 Å². The Balaban J connectivity index is 2.27. The molecule has 1 unspecified atom stereocenters. The summed E-state index contributed by atoms with van der Waals surface area (Å²) in [6.45, 7) is 9.82. The van der Waals surface area contributed by atoms with Gasteiger partial charge in [-0.1, -0.05) is 45.9 Å². The summed E-state index contributed by atoms with van der Waals surface area (Å²) < 4.78 is 0. The molecule has 26 heavy (non-hydrogen) atoms. The van der Waals surface area contributed by atoms with Gasteiger partial charge in [-0.2, -0.15) is 0 Å². The molecule has 0 aliphatic carbocycles. The first kappa shape index (κ1) is 18.2. The van der Waals surface area contributed by atoms with E-state index >= 15 is 0 Å². The predicted molar refractivity (Wildman–Crippen MR) is 102 cm³/mol. The summed E-state index contributed by atoms with van der Waals surface area (Å²) >= 11 is 0. The van der Waals surface area contributed by atoms with Crippen LogP contribution in [0.25, 0.3) is 10.9 Å². The number of ketones is 1. The average Bonchev–Trinajstić information content (AvgIpc) is 3.02. The minimum atomic E-state index is -0.690. The van der Waals surface area contributed by atoms with Gasteiger partial charge in [-0.25, -0.2) is 0 Å². The Labute approximate surface area is 153 Å². The van der Waals surface area contributed by atoms with E-state index in [0.29, 0.717) is 6.54 Å². The minimum absolute atomic E-state index is 0.198. The first-order chi connectivity index (χ1) is 12.2. The molecular formula is C21H26N2O3. The summed E-state index contributed by atoms with van der Waals surface area (Å²) in [5, 5.41) is 11.5. The van der Waals surface area contributed by atoms with Crippen molar-refractivity contribution in [3.05, 3.63) is 46.9 Å².